The van der Waals surface area contributed by atoms with Crippen LogP contribution in [-0.4, -0.2) is 11.7 Å². The number of nitrogens with two attached hydrogens (primary N) is 1. The molecule has 2 unspecified atom stereocenters. The van der Waals surface area contributed by atoms with Crippen LogP contribution in [0.4, 0.5) is 13.2 Å². The average molecular weight is 360 g/mol. The Balaban J connectivity index is 2.46. The van der Waals surface area contributed by atoms with E-state index in [1.54, 1.807) is 6.07 Å². The number of aliphatic hydroxyl groups is 1. The maximum atomic E-state index is 13.9. The van der Waals surface area contributed by atoms with Crippen molar-refractivity contribution >= 4 is 15.9 Å². The van der Waals surface area contributed by atoms with E-state index in [1.807, 2.05) is 0 Å². The van der Waals surface area contributed by atoms with Gasteiger partial charge in [0.2, 0.25) is 0 Å². The van der Waals surface area contributed by atoms with Crippen molar-refractivity contribution in [3.05, 3.63) is 69.4 Å². The van der Waals surface area contributed by atoms with Crippen LogP contribution in [0.5, 0.6) is 0 Å². The largest absolute Gasteiger partial charge is 0.388 e. The Kier molecular flexibility index (Phi) is 5.03. The molecule has 2 aromatic rings. The minimum absolute atomic E-state index is 0.00308. The van der Waals surface area contributed by atoms with Crippen LogP contribution in [0.15, 0.2) is 40.9 Å². The van der Waals surface area contributed by atoms with Crippen molar-refractivity contribution in [3.8, 4) is 0 Å². The molecule has 0 bridgehead atoms. The Morgan fingerprint density at radius 2 is 1.81 bits per heavy atom. The molecule has 6 heteroatoms. The van der Waals surface area contributed by atoms with Gasteiger partial charge in [0.25, 0.3) is 0 Å². The predicted molar refractivity (Wildman–Crippen MR) is 77.2 cm³/mol. The van der Waals surface area contributed by atoms with Crippen LogP contribution in [0, 0.1) is 17.5 Å². The zero-order valence-electron chi connectivity index (χ0n) is 10.9. The first-order chi connectivity index (χ1) is 9.95. The molecule has 3 N–H and O–H groups in total. The van der Waals surface area contributed by atoms with Gasteiger partial charge in [-0.05, 0) is 23.8 Å². The highest BCUT2D eigenvalue weighted by atomic mass is 79.9. The monoisotopic (exact) mass is 359 g/mol. The summed E-state index contributed by atoms with van der Waals surface area (Å²) in [6, 6.07) is 7.23. The molecule has 112 valence electrons. The van der Waals surface area contributed by atoms with Crippen molar-refractivity contribution in [1.29, 1.82) is 0 Å². The molecule has 0 amide bonds. The summed E-state index contributed by atoms with van der Waals surface area (Å²) in [6.07, 6.45) is -1.36. The SMILES string of the molecule is NCC(c1ccc(F)cc1F)C(O)c1c(F)cccc1Br. The molecule has 2 rings (SSSR count). The summed E-state index contributed by atoms with van der Waals surface area (Å²) in [5.41, 5.74) is 5.63. The molecule has 21 heavy (non-hydrogen) atoms. The maximum Gasteiger partial charge on any atom is 0.130 e. The summed E-state index contributed by atoms with van der Waals surface area (Å²) in [5.74, 6) is -3.07. The lowest BCUT2D eigenvalue weighted by molar-refractivity contribution is 0.140. The van der Waals surface area contributed by atoms with E-state index in [0.29, 0.717) is 10.5 Å². The Hall–Kier alpha value is -1.37. The zero-order valence-corrected chi connectivity index (χ0v) is 12.4. The van der Waals surface area contributed by atoms with E-state index >= 15 is 0 Å². The van der Waals surface area contributed by atoms with Gasteiger partial charge in [0.1, 0.15) is 17.5 Å². The average Bonchev–Trinajstić information content (AvgIpc) is 2.41. The van der Waals surface area contributed by atoms with E-state index in [1.165, 1.54) is 18.2 Å². The summed E-state index contributed by atoms with van der Waals surface area (Å²) in [7, 11) is 0. The molecular weight excluding hydrogens is 347 g/mol. The van der Waals surface area contributed by atoms with Crippen LogP contribution < -0.4 is 5.73 Å². The molecule has 0 aliphatic heterocycles. The molecule has 0 aromatic heterocycles. The summed E-state index contributed by atoms with van der Waals surface area (Å²) in [5, 5.41) is 10.4. The van der Waals surface area contributed by atoms with Crippen molar-refractivity contribution in [2.45, 2.75) is 12.0 Å². The van der Waals surface area contributed by atoms with Crippen LogP contribution in [0.25, 0.3) is 0 Å². The molecule has 0 heterocycles. The highest BCUT2D eigenvalue weighted by Gasteiger charge is 2.28. The quantitative estimate of drug-likeness (QED) is 0.875. The van der Waals surface area contributed by atoms with Crippen molar-refractivity contribution in [2.75, 3.05) is 6.54 Å². The van der Waals surface area contributed by atoms with Gasteiger partial charge in [-0.1, -0.05) is 28.1 Å². The van der Waals surface area contributed by atoms with Crippen LogP contribution >= 0.6 is 15.9 Å². The summed E-state index contributed by atoms with van der Waals surface area (Å²) < 4.78 is 41.1. The van der Waals surface area contributed by atoms with Gasteiger partial charge in [-0.15, -0.1) is 0 Å². The third kappa shape index (κ3) is 3.28. The van der Waals surface area contributed by atoms with Gasteiger partial charge in [0, 0.05) is 28.6 Å². The normalized spacial score (nSPS) is 14.0. The lowest BCUT2D eigenvalue weighted by Crippen LogP contribution is -2.22. The molecular formula is C15H13BrF3NO. The molecule has 0 saturated heterocycles. The van der Waals surface area contributed by atoms with E-state index in [4.69, 9.17) is 5.73 Å². The van der Waals surface area contributed by atoms with Crippen molar-refractivity contribution in [1.82, 2.24) is 0 Å². The number of hydrogen-bond acceptors (Lipinski definition) is 2. The van der Waals surface area contributed by atoms with E-state index in [-0.39, 0.29) is 17.7 Å². The molecule has 0 aliphatic rings. The first-order valence-electron chi connectivity index (χ1n) is 6.22. The minimum atomic E-state index is -1.36. The molecule has 0 saturated carbocycles. The molecule has 0 fully saturated rings. The lowest BCUT2D eigenvalue weighted by Gasteiger charge is -2.24. The minimum Gasteiger partial charge on any atom is -0.388 e. The van der Waals surface area contributed by atoms with Gasteiger partial charge in [0.15, 0.2) is 0 Å². The maximum absolute atomic E-state index is 13.9. The fraction of sp³-hybridized carbons (Fsp3) is 0.200. The second-order valence-corrected chi connectivity index (χ2v) is 5.44. The smallest absolute Gasteiger partial charge is 0.130 e. The molecule has 0 aliphatic carbocycles. The summed E-state index contributed by atoms with van der Waals surface area (Å²) in [6.45, 7) is -0.121. The van der Waals surface area contributed by atoms with Crippen LogP contribution in [-0.2, 0) is 0 Å². The molecule has 2 nitrogen and oxygen atoms in total. The van der Waals surface area contributed by atoms with Gasteiger partial charge in [-0.3, -0.25) is 0 Å². The van der Waals surface area contributed by atoms with E-state index < -0.39 is 29.5 Å². The number of benzene rings is 2. The topological polar surface area (TPSA) is 46.2 Å². The molecule has 0 radical (unpaired) electrons. The third-order valence-electron chi connectivity index (χ3n) is 3.29. The Morgan fingerprint density at radius 3 is 2.38 bits per heavy atom. The fourth-order valence-electron chi connectivity index (χ4n) is 2.22. The van der Waals surface area contributed by atoms with Crippen LogP contribution in [0.2, 0.25) is 0 Å². The number of halogens is 4. The first-order valence-corrected chi connectivity index (χ1v) is 7.02. The Bertz CT molecular complexity index is 631. The van der Waals surface area contributed by atoms with Crippen molar-refractivity contribution in [2.24, 2.45) is 5.73 Å². The van der Waals surface area contributed by atoms with Crippen molar-refractivity contribution in [3.63, 3.8) is 0 Å². The van der Waals surface area contributed by atoms with Crippen LogP contribution in [0.1, 0.15) is 23.1 Å². The Labute approximate surface area is 128 Å². The third-order valence-corrected chi connectivity index (χ3v) is 3.98. The molecule has 2 atom stereocenters. The highest BCUT2D eigenvalue weighted by molar-refractivity contribution is 9.10. The number of aliphatic hydroxyl groups excluding tert-OH is 1. The molecule has 0 spiro atoms. The van der Waals surface area contributed by atoms with Gasteiger partial charge >= 0.3 is 0 Å². The van der Waals surface area contributed by atoms with E-state index in [0.717, 1.165) is 6.07 Å². The highest BCUT2D eigenvalue weighted by Crippen LogP contribution is 2.36. The summed E-state index contributed by atoms with van der Waals surface area (Å²) >= 11 is 3.15. The second-order valence-electron chi connectivity index (χ2n) is 4.59. The number of hydrogen-bond donors (Lipinski definition) is 2. The second kappa shape index (κ2) is 6.60. The first kappa shape index (κ1) is 16.0. The predicted octanol–water partition coefficient (Wildman–Crippen LogP) is 3.64. The summed E-state index contributed by atoms with van der Waals surface area (Å²) in [4.78, 5) is 0. The van der Waals surface area contributed by atoms with Gasteiger partial charge in [0.05, 0.1) is 6.10 Å². The van der Waals surface area contributed by atoms with E-state index in [2.05, 4.69) is 15.9 Å². The molecule has 2 aromatic carbocycles. The van der Waals surface area contributed by atoms with Crippen LogP contribution in [0.3, 0.4) is 0 Å². The lowest BCUT2D eigenvalue weighted by atomic mass is 9.88. The number of rotatable bonds is 4. The zero-order chi connectivity index (χ0) is 15.6. The fourth-order valence-corrected chi connectivity index (χ4v) is 2.80. The van der Waals surface area contributed by atoms with Gasteiger partial charge in [-0.2, -0.15) is 0 Å². The van der Waals surface area contributed by atoms with Gasteiger partial charge < -0.3 is 10.8 Å². The van der Waals surface area contributed by atoms with Gasteiger partial charge in [-0.25, -0.2) is 13.2 Å². The van der Waals surface area contributed by atoms with E-state index in [9.17, 15) is 18.3 Å². The Morgan fingerprint density at radius 1 is 1.10 bits per heavy atom. The van der Waals surface area contributed by atoms with Crippen molar-refractivity contribution < 1.29 is 18.3 Å². The standard InChI is InChI=1S/C15H13BrF3NO/c16-11-2-1-3-12(18)14(11)15(21)10(7-20)9-5-4-8(17)6-13(9)19/h1-6,10,15,21H,7,20H2.